The average Bonchev–Trinajstić information content (AvgIpc) is 3.88. The highest BCUT2D eigenvalue weighted by Crippen LogP contribution is 2.25. The molecule has 4 aromatic rings. The Morgan fingerprint density at radius 1 is 0.847 bits per heavy atom. The van der Waals surface area contributed by atoms with Gasteiger partial charge in [0.05, 0.1) is 24.1 Å². The van der Waals surface area contributed by atoms with E-state index in [2.05, 4.69) is 15.6 Å². The van der Waals surface area contributed by atoms with E-state index in [0.29, 0.717) is 54.7 Å². The molecule has 0 bridgehead atoms. The number of Topliss-reactive ketones (excluding diaryl/α,β-unsaturated/α-hetero) is 1. The van der Waals surface area contributed by atoms with Crippen LogP contribution in [0.25, 0.3) is 11.1 Å². The number of piperidine rings is 1. The van der Waals surface area contributed by atoms with E-state index in [1.54, 1.807) is 89.8 Å². The van der Waals surface area contributed by atoms with E-state index in [1.165, 1.54) is 0 Å². The number of fused-ring (bicyclic) bond motifs is 1. The van der Waals surface area contributed by atoms with Crippen LogP contribution in [0.4, 0.5) is 9.59 Å². The van der Waals surface area contributed by atoms with Gasteiger partial charge in [0.25, 0.3) is 5.89 Å². The average molecular weight is 831 g/mol. The van der Waals surface area contributed by atoms with Crippen molar-refractivity contribution in [2.24, 2.45) is 5.73 Å². The van der Waals surface area contributed by atoms with Crippen molar-refractivity contribution in [2.75, 3.05) is 31.9 Å². The molecule has 0 spiro atoms. The molecule has 4 atom stereocenters. The minimum absolute atomic E-state index is 0.159. The normalized spacial score (nSPS) is 17.8. The minimum Gasteiger partial charge on any atom is -0.445 e. The number of hydrogen-bond acceptors (Lipinski definition) is 12. The van der Waals surface area contributed by atoms with Crippen molar-refractivity contribution in [1.82, 2.24) is 25.4 Å². The Balaban J connectivity index is 1.27. The molecule has 0 aliphatic carbocycles. The fourth-order valence-electron chi connectivity index (χ4n) is 7.25. The molecule has 17 heteroatoms. The second-order valence-corrected chi connectivity index (χ2v) is 16.9. The van der Waals surface area contributed by atoms with Gasteiger partial charge in [-0.1, -0.05) is 72.8 Å². The molecule has 16 nitrogen and oxygen atoms in total. The van der Waals surface area contributed by atoms with Gasteiger partial charge in [-0.2, -0.15) is 0 Å². The molecule has 3 aromatic carbocycles. The van der Waals surface area contributed by atoms with E-state index in [9.17, 15) is 32.4 Å². The highest BCUT2D eigenvalue weighted by atomic mass is 32.2. The van der Waals surface area contributed by atoms with E-state index < -0.39 is 75.4 Å². The van der Waals surface area contributed by atoms with Crippen LogP contribution in [-0.4, -0.2) is 109 Å². The van der Waals surface area contributed by atoms with Gasteiger partial charge < -0.3 is 40.1 Å². The molecule has 2 aliphatic rings. The largest absolute Gasteiger partial charge is 0.445 e. The highest BCUT2D eigenvalue weighted by Gasteiger charge is 2.46. The number of para-hydroxylation sites is 2. The summed E-state index contributed by atoms with van der Waals surface area (Å²) in [7, 11) is -4.07. The second kappa shape index (κ2) is 20.2. The Labute approximate surface area is 342 Å². The molecule has 4 amide bonds. The number of aromatic nitrogens is 1. The van der Waals surface area contributed by atoms with Gasteiger partial charge in [-0.05, 0) is 68.3 Å². The number of nitrogens with one attached hydrogen (secondary N) is 2. The maximum Gasteiger partial charge on any atom is 0.410 e. The molecule has 1 aromatic heterocycles. The number of ether oxygens (including phenoxy) is 2. The molecule has 314 valence electrons. The number of carbonyl (C=O) groups excluding carboxylic acids is 5. The first-order valence-electron chi connectivity index (χ1n) is 19.9. The number of nitrogens with zero attached hydrogens (tertiary/aromatic N) is 3. The highest BCUT2D eigenvalue weighted by molar-refractivity contribution is 7.90. The Hall–Kier alpha value is -5.81. The number of benzene rings is 3. The smallest absolute Gasteiger partial charge is 0.410 e. The Bertz CT molecular complexity index is 2150. The monoisotopic (exact) mass is 830 g/mol. The predicted molar refractivity (Wildman–Crippen MR) is 216 cm³/mol. The van der Waals surface area contributed by atoms with Gasteiger partial charge in [0, 0.05) is 19.5 Å². The molecule has 0 unspecified atom stereocenters. The summed E-state index contributed by atoms with van der Waals surface area (Å²) in [5, 5.41) is 5.21. The maximum atomic E-state index is 14.6. The number of nitrogens with two attached hydrogens (primary N) is 1. The number of alkyl carbamates (subject to hydrolysis) is 1. The summed E-state index contributed by atoms with van der Waals surface area (Å²) < 4.78 is 44.3. The van der Waals surface area contributed by atoms with Crippen molar-refractivity contribution in [1.29, 1.82) is 0 Å². The van der Waals surface area contributed by atoms with Gasteiger partial charge >= 0.3 is 12.2 Å². The summed E-state index contributed by atoms with van der Waals surface area (Å²) in [6.45, 7) is 0.895. The first-order valence-corrected chi connectivity index (χ1v) is 21.7. The van der Waals surface area contributed by atoms with Crippen LogP contribution < -0.4 is 16.4 Å². The van der Waals surface area contributed by atoms with Gasteiger partial charge in [0.2, 0.25) is 17.6 Å². The maximum absolute atomic E-state index is 14.6. The van der Waals surface area contributed by atoms with Crippen LogP contribution in [0.15, 0.2) is 89.3 Å². The lowest BCUT2D eigenvalue weighted by Gasteiger charge is -2.29. The van der Waals surface area contributed by atoms with Crippen molar-refractivity contribution in [3.8, 4) is 0 Å². The molecule has 4 N–H and O–H groups in total. The third-order valence-corrected chi connectivity index (χ3v) is 11.9. The van der Waals surface area contributed by atoms with Crippen molar-refractivity contribution in [2.45, 2.75) is 81.5 Å². The first kappa shape index (κ1) is 42.8. The van der Waals surface area contributed by atoms with Crippen molar-refractivity contribution in [3.63, 3.8) is 0 Å². The summed E-state index contributed by atoms with van der Waals surface area (Å²) in [5.41, 5.74) is 7.71. The topological polar surface area (TPSA) is 221 Å². The lowest BCUT2D eigenvalue weighted by molar-refractivity contribution is -0.139. The summed E-state index contributed by atoms with van der Waals surface area (Å²) in [4.78, 5) is 76.3. The Kier molecular flexibility index (Phi) is 14.7. The molecule has 6 rings (SSSR count). The number of ketones is 1. The molecular formula is C42H50N6O10S. The molecule has 0 saturated carbocycles. The lowest BCUT2D eigenvalue weighted by Crippen LogP contribution is -2.57. The quantitative estimate of drug-likeness (QED) is 0.101. The van der Waals surface area contributed by atoms with E-state index in [4.69, 9.17) is 19.6 Å². The van der Waals surface area contributed by atoms with Crippen LogP contribution in [0.1, 0.15) is 66.8 Å². The third kappa shape index (κ3) is 11.9. The van der Waals surface area contributed by atoms with Crippen LogP contribution in [-0.2, 0) is 41.3 Å². The van der Waals surface area contributed by atoms with E-state index in [1.807, 2.05) is 0 Å². The van der Waals surface area contributed by atoms with Gasteiger partial charge in [-0.15, -0.1) is 0 Å². The van der Waals surface area contributed by atoms with E-state index in [-0.39, 0.29) is 31.9 Å². The number of rotatable bonds is 17. The van der Waals surface area contributed by atoms with Gasteiger partial charge in [0.15, 0.2) is 15.4 Å². The number of unbranched alkanes of at least 4 members (excludes halogenated alkanes) is 1. The van der Waals surface area contributed by atoms with Crippen LogP contribution in [0.3, 0.4) is 0 Å². The predicted octanol–water partition coefficient (Wildman–Crippen LogP) is 4.13. The third-order valence-electron chi connectivity index (χ3n) is 10.3. The zero-order chi connectivity index (χ0) is 41.8. The number of sulfone groups is 1. The van der Waals surface area contributed by atoms with Crippen molar-refractivity contribution >= 4 is 50.7 Å². The lowest BCUT2D eigenvalue weighted by atomic mass is 10.0. The van der Waals surface area contributed by atoms with Crippen LogP contribution in [0, 0.1) is 0 Å². The van der Waals surface area contributed by atoms with Gasteiger partial charge in [-0.25, -0.2) is 23.0 Å². The SMILES string of the molecule is NCCCC[C@H](NC(=O)[C@@H]1C[C@@H](OC(=O)N2CCCCC2)CN1C(=O)[C@@H](CS(=O)(=O)Cc1ccccc1)NC(=O)OCc1ccccc1)C(=O)c1nc2ccccc2o1. The number of oxazole rings is 1. The Morgan fingerprint density at radius 2 is 1.53 bits per heavy atom. The number of amides is 4. The van der Waals surface area contributed by atoms with Crippen LogP contribution in [0.5, 0.6) is 0 Å². The van der Waals surface area contributed by atoms with E-state index in [0.717, 1.165) is 24.2 Å². The number of likely N-dealkylation sites (tertiary alicyclic amines) is 2. The number of hydrogen-bond donors (Lipinski definition) is 3. The van der Waals surface area contributed by atoms with E-state index >= 15 is 0 Å². The van der Waals surface area contributed by atoms with Crippen LogP contribution in [0.2, 0.25) is 0 Å². The molecule has 59 heavy (non-hydrogen) atoms. The summed E-state index contributed by atoms with van der Waals surface area (Å²) in [6.07, 6.45) is 0.989. The molecular weight excluding hydrogens is 781 g/mol. The molecule has 2 aliphatic heterocycles. The zero-order valence-electron chi connectivity index (χ0n) is 32.7. The summed E-state index contributed by atoms with van der Waals surface area (Å²) in [6, 6.07) is 19.8. The standard InChI is InChI=1S/C42H50N6O10S/c43-21-11-10-19-33(37(49)39-45-32-18-8-9-20-36(32)58-39)44-38(50)35-24-31(57-42(53)47-22-12-3-13-23-47)25-48(35)40(51)34(28-59(54,55)27-30-16-6-2-7-17-30)46-41(52)56-26-29-14-4-1-5-15-29/h1-2,4-9,14-18,20,31,33-35H,3,10-13,19,21-28,43H2,(H,44,50)(H,46,52)/t31-,33+,34-,35+/m1/s1. The minimum atomic E-state index is -4.07. The van der Waals surface area contributed by atoms with Crippen molar-refractivity contribution in [3.05, 3.63) is 102 Å². The molecule has 2 saturated heterocycles. The van der Waals surface area contributed by atoms with Gasteiger partial charge in [-0.3, -0.25) is 14.4 Å². The Morgan fingerprint density at radius 3 is 2.22 bits per heavy atom. The molecule has 2 fully saturated rings. The first-order chi connectivity index (χ1) is 28.5. The fourth-order valence-corrected chi connectivity index (χ4v) is 8.80. The van der Waals surface area contributed by atoms with Crippen LogP contribution >= 0.6 is 0 Å². The fraction of sp³-hybridized carbons (Fsp3) is 0.429. The second-order valence-electron chi connectivity index (χ2n) is 14.8. The molecule has 3 heterocycles. The summed E-state index contributed by atoms with van der Waals surface area (Å²) in [5.74, 6) is -3.74. The van der Waals surface area contributed by atoms with Gasteiger partial charge in [0.1, 0.15) is 30.3 Å². The number of carbonyl (C=O) groups is 5. The zero-order valence-corrected chi connectivity index (χ0v) is 33.5. The summed E-state index contributed by atoms with van der Waals surface area (Å²) >= 11 is 0. The molecule has 0 radical (unpaired) electrons. The van der Waals surface area contributed by atoms with Crippen molar-refractivity contribution < 1.29 is 46.3 Å².